The zero-order chi connectivity index (χ0) is 21.3. The van der Waals surface area contributed by atoms with Crippen LogP contribution in [0.3, 0.4) is 0 Å². The van der Waals surface area contributed by atoms with Gasteiger partial charge < -0.3 is 14.7 Å². The van der Waals surface area contributed by atoms with Gasteiger partial charge in [0.15, 0.2) is 0 Å². The first kappa shape index (κ1) is 21.1. The van der Waals surface area contributed by atoms with E-state index in [1.165, 1.54) is 12.1 Å². The summed E-state index contributed by atoms with van der Waals surface area (Å²) in [7, 11) is 1.95. The minimum atomic E-state index is -0.257. The molecule has 1 aromatic rings. The Balaban J connectivity index is 1.26. The Morgan fingerprint density at radius 1 is 1.07 bits per heavy atom. The maximum atomic E-state index is 13.1. The fourth-order valence-corrected chi connectivity index (χ4v) is 5.39. The fraction of sp³-hybridized carbons (Fsp3) is 0.652. The summed E-state index contributed by atoms with van der Waals surface area (Å²) in [5, 5.41) is 0. The number of rotatable bonds is 4. The number of amides is 2. The van der Waals surface area contributed by atoms with Crippen LogP contribution >= 0.6 is 0 Å². The molecule has 4 rings (SSSR count). The Kier molecular flexibility index (Phi) is 6.00. The fourth-order valence-electron chi connectivity index (χ4n) is 5.39. The quantitative estimate of drug-likeness (QED) is 0.755. The average Bonchev–Trinajstić information content (AvgIpc) is 2.98. The monoisotopic (exact) mass is 416 g/mol. The highest BCUT2D eigenvalue weighted by atomic mass is 19.1. The normalized spacial score (nSPS) is 24.7. The van der Waals surface area contributed by atoms with Crippen LogP contribution in [0.15, 0.2) is 24.3 Å². The Morgan fingerprint density at radius 3 is 2.30 bits per heavy atom. The minimum Gasteiger partial charge on any atom is -0.369 e. The van der Waals surface area contributed by atoms with Gasteiger partial charge in [0.1, 0.15) is 5.82 Å². The van der Waals surface area contributed by atoms with Crippen LogP contribution in [0.1, 0.15) is 32.6 Å². The first-order chi connectivity index (χ1) is 14.4. The van der Waals surface area contributed by atoms with Crippen molar-refractivity contribution in [1.82, 2.24) is 14.7 Å². The van der Waals surface area contributed by atoms with E-state index < -0.39 is 0 Å². The van der Waals surface area contributed by atoms with Gasteiger partial charge in [-0.25, -0.2) is 4.39 Å². The Morgan fingerprint density at radius 2 is 1.70 bits per heavy atom. The zero-order valence-corrected chi connectivity index (χ0v) is 18.1. The molecular formula is C23H33FN4O2. The molecule has 0 aromatic heterocycles. The largest absolute Gasteiger partial charge is 0.369 e. The van der Waals surface area contributed by atoms with Crippen LogP contribution < -0.4 is 4.90 Å². The van der Waals surface area contributed by atoms with Crippen LogP contribution in [0.2, 0.25) is 0 Å². The van der Waals surface area contributed by atoms with E-state index in [4.69, 9.17) is 0 Å². The molecule has 6 nitrogen and oxygen atoms in total. The van der Waals surface area contributed by atoms with Crippen LogP contribution in [0.25, 0.3) is 0 Å². The van der Waals surface area contributed by atoms with E-state index in [9.17, 15) is 14.0 Å². The molecule has 30 heavy (non-hydrogen) atoms. The van der Waals surface area contributed by atoms with Gasteiger partial charge in [0.2, 0.25) is 11.8 Å². The van der Waals surface area contributed by atoms with Crippen molar-refractivity contribution in [2.24, 2.45) is 5.41 Å². The number of anilines is 1. The Hall–Kier alpha value is -2.15. The third-order valence-electron chi connectivity index (χ3n) is 7.46. The van der Waals surface area contributed by atoms with Crippen molar-refractivity contribution in [1.29, 1.82) is 0 Å². The number of likely N-dealkylation sites (tertiary alicyclic amines) is 2. The van der Waals surface area contributed by atoms with E-state index in [0.717, 1.165) is 64.1 Å². The molecule has 0 bridgehead atoms. The first-order valence-corrected chi connectivity index (χ1v) is 11.1. The van der Waals surface area contributed by atoms with Gasteiger partial charge >= 0.3 is 0 Å². The molecule has 0 saturated carbocycles. The predicted octanol–water partition coefficient (Wildman–Crippen LogP) is 2.20. The van der Waals surface area contributed by atoms with Crippen molar-refractivity contribution >= 4 is 17.5 Å². The number of carbonyl (C=O) groups excluding carboxylic acids is 2. The molecule has 1 unspecified atom stereocenters. The van der Waals surface area contributed by atoms with Crippen molar-refractivity contribution < 1.29 is 14.0 Å². The molecular weight excluding hydrogens is 383 g/mol. The Labute approximate surface area is 178 Å². The maximum absolute atomic E-state index is 13.1. The van der Waals surface area contributed by atoms with Gasteiger partial charge in [0.05, 0.1) is 5.41 Å². The lowest BCUT2D eigenvalue weighted by atomic mass is 9.75. The summed E-state index contributed by atoms with van der Waals surface area (Å²) in [6.45, 7) is 7.86. The molecule has 3 aliphatic rings. The van der Waals surface area contributed by atoms with Crippen LogP contribution in [0.4, 0.5) is 10.1 Å². The molecule has 2 amide bonds. The van der Waals surface area contributed by atoms with E-state index in [0.29, 0.717) is 13.1 Å². The molecule has 1 atom stereocenters. The standard InChI is InChI=1S/C23H33FN4O2/c1-18(29)27-11-8-23(9-12-27)17-21(25(2)22(23)30)7-10-26-13-15-28(16-14-26)20-5-3-19(24)4-6-20/h3-6,21H,7-17H2,1-2H3. The van der Waals surface area contributed by atoms with E-state index in [1.807, 2.05) is 29.0 Å². The van der Waals surface area contributed by atoms with E-state index >= 15 is 0 Å². The van der Waals surface area contributed by atoms with Crippen molar-refractivity contribution in [2.75, 3.05) is 57.8 Å². The number of hydrogen-bond acceptors (Lipinski definition) is 4. The number of carbonyl (C=O) groups is 2. The second-order valence-corrected chi connectivity index (χ2v) is 9.15. The third-order valence-corrected chi connectivity index (χ3v) is 7.46. The lowest BCUT2D eigenvalue weighted by molar-refractivity contribution is -0.141. The van der Waals surface area contributed by atoms with Crippen molar-refractivity contribution in [2.45, 2.75) is 38.6 Å². The molecule has 3 fully saturated rings. The van der Waals surface area contributed by atoms with E-state index in [2.05, 4.69) is 9.80 Å². The van der Waals surface area contributed by atoms with Gasteiger partial charge in [0.25, 0.3) is 0 Å². The second-order valence-electron chi connectivity index (χ2n) is 9.15. The molecule has 0 radical (unpaired) electrons. The van der Waals surface area contributed by atoms with E-state index in [1.54, 1.807) is 6.92 Å². The maximum Gasteiger partial charge on any atom is 0.228 e. The summed E-state index contributed by atoms with van der Waals surface area (Å²) in [5.41, 5.74) is 0.822. The number of hydrogen-bond donors (Lipinski definition) is 0. The van der Waals surface area contributed by atoms with Gasteiger partial charge in [-0.05, 0) is 49.9 Å². The summed E-state index contributed by atoms with van der Waals surface area (Å²) in [5.74, 6) is 0.189. The van der Waals surface area contributed by atoms with Gasteiger partial charge in [-0.1, -0.05) is 0 Å². The van der Waals surface area contributed by atoms with Gasteiger partial charge in [-0.2, -0.15) is 0 Å². The zero-order valence-electron chi connectivity index (χ0n) is 18.1. The SMILES string of the molecule is CC(=O)N1CCC2(CC1)CC(CCN1CCN(c3ccc(F)cc3)CC1)N(C)C2=O. The highest BCUT2D eigenvalue weighted by Crippen LogP contribution is 2.44. The van der Waals surface area contributed by atoms with Crippen LogP contribution in [-0.2, 0) is 9.59 Å². The highest BCUT2D eigenvalue weighted by Gasteiger charge is 2.51. The number of piperidine rings is 1. The first-order valence-electron chi connectivity index (χ1n) is 11.1. The highest BCUT2D eigenvalue weighted by molar-refractivity contribution is 5.85. The number of piperazine rings is 1. The third kappa shape index (κ3) is 4.17. The van der Waals surface area contributed by atoms with Gasteiger partial charge in [0, 0.05) is 71.5 Å². The smallest absolute Gasteiger partial charge is 0.228 e. The minimum absolute atomic E-state index is 0.111. The molecule has 1 aromatic carbocycles. The second kappa shape index (κ2) is 8.53. The van der Waals surface area contributed by atoms with E-state index in [-0.39, 0.29) is 29.1 Å². The molecule has 3 saturated heterocycles. The lowest BCUT2D eigenvalue weighted by Gasteiger charge is -2.37. The van der Waals surface area contributed by atoms with Crippen molar-refractivity contribution in [3.63, 3.8) is 0 Å². The molecule has 0 aliphatic carbocycles. The van der Waals surface area contributed by atoms with Crippen LogP contribution in [0.5, 0.6) is 0 Å². The van der Waals surface area contributed by atoms with Crippen LogP contribution in [-0.4, -0.2) is 85.4 Å². The topological polar surface area (TPSA) is 47.1 Å². The number of halogens is 1. The van der Waals surface area contributed by atoms with Gasteiger partial charge in [-0.3, -0.25) is 14.5 Å². The van der Waals surface area contributed by atoms with Crippen molar-refractivity contribution in [3.8, 4) is 0 Å². The summed E-state index contributed by atoms with van der Waals surface area (Å²) >= 11 is 0. The molecule has 164 valence electrons. The number of benzene rings is 1. The number of nitrogens with zero attached hydrogens (tertiary/aromatic N) is 4. The summed E-state index contributed by atoms with van der Waals surface area (Å²) in [4.78, 5) is 33.3. The molecule has 7 heteroatoms. The summed E-state index contributed by atoms with van der Waals surface area (Å²) in [6.07, 6.45) is 3.51. The molecule has 1 spiro atoms. The average molecular weight is 417 g/mol. The Bertz CT molecular complexity index is 768. The predicted molar refractivity (Wildman–Crippen MR) is 115 cm³/mol. The summed E-state index contributed by atoms with van der Waals surface area (Å²) in [6, 6.07) is 7.02. The molecule has 3 aliphatic heterocycles. The summed E-state index contributed by atoms with van der Waals surface area (Å²) < 4.78 is 13.1. The van der Waals surface area contributed by atoms with Gasteiger partial charge in [-0.15, -0.1) is 0 Å². The van der Waals surface area contributed by atoms with Crippen molar-refractivity contribution in [3.05, 3.63) is 30.1 Å². The molecule has 3 heterocycles. The lowest BCUT2D eigenvalue weighted by Crippen LogP contribution is -2.47. The van der Waals surface area contributed by atoms with Crippen LogP contribution in [0, 0.1) is 11.2 Å². The molecule has 0 N–H and O–H groups in total.